The zero-order valence-electron chi connectivity index (χ0n) is 12.5. The molecule has 1 unspecified atom stereocenters. The van der Waals surface area contributed by atoms with Gasteiger partial charge in [-0.25, -0.2) is 0 Å². The minimum Gasteiger partial charge on any atom is -0.373 e. The van der Waals surface area contributed by atoms with E-state index in [1.807, 2.05) is 0 Å². The lowest BCUT2D eigenvalue weighted by Crippen LogP contribution is -3.17. The Hall–Kier alpha value is -1.51. The van der Waals surface area contributed by atoms with Crippen LogP contribution in [0.15, 0.2) is 60.7 Å². The van der Waals surface area contributed by atoms with Crippen LogP contribution in [-0.2, 0) is 10.3 Å². The van der Waals surface area contributed by atoms with Crippen LogP contribution in [0, 0.1) is 0 Å². The quantitative estimate of drug-likeness (QED) is 0.804. The lowest BCUT2D eigenvalue weighted by Gasteiger charge is -2.33. The third-order valence-corrected chi connectivity index (χ3v) is 5.19. The summed E-state index contributed by atoms with van der Waals surface area (Å²) in [5, 5.41) is 0. The fraction of sp³-hybridized carbons (Fsp3) is 0.333. The summed E-state index contributed by atoms with van der Waals surface area (Å²) >= 11 is 0. The molecule has 2 nitrogen and oxygen atoms in total. The van der Waals surface area contributed by atoms with Crippen LogP contribution < -0.4 is 4.81 Å². The molecule has 2 aromatic rings. The molecular weight excluding hydrogens is 268 g/mol. The van der Waals surface area contributed by atoms with Gasteiger partial charge in [-0.2, -0.15) is 0 Å². The van der Waals surface area contributed by atoms with Crippen molar-refractivity contribution >= 4 is 15.5 Å². The first kappa shape index (κ1) is 15.4. The van der Waals surface area contributed by atoms with E-state index in [0.29, 0.717) is 6.04 Å². The molecule has 2 saturated heterocycles. The van der Waals surface area contributed by atoms with Gasteiger partial charge in [0.1, 0.15) is 6.04 Å². The summed E-state index contributed by atoms with van der Waals surface area (Å²) in [4.78, 5) is 1.61. The van der Waals surface area contributed by atoms with E-state index in [-0.39, 0.29) is 21.1 Å². The predicted molar refractivity (Wildman–Crippen MR) is 96.6 cm³/mol. The Labute approximate surface area is 135 Å². The monoisotopic (exact) mass is 293 g/mol. The Balaban J connectivity index is 0.00000144. The second kappa shape index (κ2) is 5.94. The van der Waals surface area contributed by atoms with Crippen LogP contribution in [0.4, 0.5) is 0 Å². The summed E-state index contributed by atoms with van der Waals surface area (Å²) in [6, 6.07) is 22.1. The maximum absolute atomic E-state index is 6.65. The van der Waals surface area contributed by atoms with Crippen LogP contribution >= 0.6 is 0 Å². The highest BCUT2D eigenvalue weighted by Gasteiger charge is 2.61. The lowest BCUT2D eigenvalue weighted by atomic mass is 9.79. The molecule has 2 heterocycles. The van der Waals surface area contributed by atoms with Gasteiger partial charge in [0.05, 0.1) is 6.54 Å². The molecule has 2 aliphatic rings. The van der Waals surface area contributed by atoms with Gasteiger partial charge in [0.15, 0.2) is 5.60 Å². The Morgan fingerprint density at radius 1 is 1.00 bits per heavy atom. The molecular formula is C18H25B2NO. The van der Waals surface area contributed by atoms with E-state index >= 15 is 0 Å². The first-order valence-electron chi connectivity index (χ1n) is 7.97. The van der Waals surface area contributed by atoms with Gasteiger partial charge >= 0.3 is 7.05 Å². The number of nitrogens with one attached hydrogen (secondary N) is 1. The molecule has 114 valence electrons. The third-order valence-electron chi connectivity index (χ3n) is 5.19. The van der Waals surface area contributed by atoms with E-state index in [9.17, 15) is 0 Å². The molecule has 0 bridgehead atoms. The number of benzene rings is 2. The highest BCUT2D eigenvalue weighted by molar-refractivity contribution is 6.41. The molecule has 0 aliphatic carbocycles. The van der Waals surface area contributed by atoms with Crippen LogP contribution in [-0.4, -0.2) is 28.1 Å². The normalized spacial score (nSPS) is 25.6. The second-order valence-electron chi connectivity index (χ2n) is 6.25. The minimum atomic E-state index is -0.284. The highest BCUT2D eigenvalue weighted by Crippen LogP contribution is 2.41. The minimum absolute atomic E-state index is 0. The van der Waals surface area contributed by atoms with E-state index in [1.165, 1.54) is 30.5 Å². The molecule has 2 atom stereocenters. The molecule has 0 radical (unpaired) electrons. The summed E-state index contributed by atoms with van der Waals surface area (Å²) < 4.78 is 6.65. The summed E-state index contributed by atoms with van der Waals surface area (Å²) in [7, 11) is 0.262. The molecule has 0 amide bonds. The van der Waals surface area contributed by atoms with E-state index in [1.54, 1.807) is 4.81 Å². The number of fused-ring (bicyclic) bond motifs is 1. The molecule has 0 spiro atoms. The summed E-state index contributed by atoms with van der Waals surface area (Å²) in [6.45, 7) is 3.45. The number of rotatable bonds is 2. The lowest BCUT2D eigenvalue weighted by molar-refractivity contribution is -0.800. The Kier molecular flexibility index (Phi) is 4.16. The zero-order chi connectivity index (χ0) is 14.3. The molecule has 0 aromatic heterocycles. The fourth-order valence-electron chi connectivity index (χ4n) is 4.33. The predicted octanol–water partition coefficient (Wildman–Crippen LogP) is 0.674. The summed E-state index contributed by atoms with van der Waals surface area (Å²) in [6.07, 6.45) is 2.54. The smallest absolute Gasteiger partial charge is 0.373 e. The van der Waals surface area contributed by atoms with Gasteiger partial charge in [-0.3, -0.25) is 0 Å². The molecule has 1 N–H and O–H groups in total. The Bertz CT molecular complexity index is 580. The molecule has 2 aliphatic heterocycles. The van der Waals surface area contributed by atoms with Gasteiger partial charge in [-0.15, -0.1) is 0 Å². The average molecular weight is 293 g/mol. The van der Waals surface area contributed by atoms with E-state index in [2.05, 4.69) is 67.5 Å². The topological polar surface area (TPSA) is 13.7 Å². The van der Waals surface area contributed by atoms with Gasteiger partial charge in [0.25, 0.3) is 0 Å². The molecule has 2 fully saturated rings. The van der Waals surface area contributed by atoms with Crippen molar-refractivity contribution in [3.8, 4) is 0 Å². The third kappa shape index (κ3) is 2.13. The molecule has 0 saturated carbocycles. The van der Waals surface area contributed by atoms with Crippen molar-refractivity contribution in [2.45, 2.75) is 31.3 Å². The van der Waals surface area contributed by atoms with Crippen LogP contribution in [0.3, 0.4) is 0 Å². The van der Waals surface area contributed by atoms with Crippen molar-refractivity contribution in [1.82, 2.24) is 0 Å². The van der Waals surface area contributed by atoms with Crippen molar-refractivity contribution < 1.29 is 9.47 Å². The largest absolute Gasteiger partial charge is 0.570 e. The van der Waals surface area contributed by atoms with Crippen molar-refractivity contribution in [2.24, 2.45) is 0 Å². The van der Waals surface area contributed by atoms with Crippen LogP contribution in [0.1, 0.15) is 24.0 Å². The van der Waals surface area contributed by atoms with Crippen LogP contribution in [0.25, 0.3) is 0 Å². The van der Waals surface area contributed by atoms with E-state index in [0.717, 1.165) is 0 Å². The molecule has 2 aromatic carbocycles. The van der Waals surface area contributed by atoms with Crippen molar-refractivity contribution in [3.05, 3.63) is 71.8 Å². The average Bonchev–Trinajstić information content (AvgIpc) is 3.13. The zero-order valence-corrected chi connectivity index (χ0v) is 12.5. The molecule has 22 heavy (non-hydrogen) atoms. The molecule has 4 heteroatoms. The van der Waals surface area contributed by atoms with E-state index in [4.69, 9.17) is 4.65 Å². The Morgan fingerprint density at radius 3 is 2.09 bits per heavy atom. The molecule has 4 rings (SSSR count). The van der Waals surface area contributed by atoms with Crippen molar-refractivity contribution in [2.75, 3.05) is 6.54 Å². The maximum atomic E-state index is 6.65. The van der Waals surface area contributed by atoms with Crippen LogP contribution in [0.2, 0.25) is 6.82 Å². The highest BCUT2D eigenvalue weighted by atomic mass is 16.5. The van der Waals surface area contributed by atoms with Gasteiger partial charge in [0, 0.05) is 19.7 Å². The Morgan fingerprint density at radius 2 is 1.55 bits per heavy atom. The maximum Gasteiger partial charge on any atom is 0.570 e. The van der Waals surface area contributed by atoms with Crippen molar-refractivity contribution in [3.63, 3.8) is 0 Å². The van der Waals surface area contributed by atoms with Crippen LogP contribution in [0.5, 0.6) is 0 Å². The number of hydrogen-bond acceptors (Lipinski definition) is 1. The van der Waals surface area contributed by atoms with Gasteiger partial charge < -0.3 is 9.47 Å². The van der Waals surface area contributed by atoms with Gasteiger partial charge in [-0.1, -0.05) is 69.1 Å². The van der Waals surface area contributed by atoms with Gasteiger partial charge in [0.2, 0.25) is 0 Å². The number of quaternary nitrogens is 1. The standard InChI is InChI=1S/C18H20BNO.BH4/c1-19-20-14-8-13-17(20)18(21-19,15-9-4-2-5-10-15)16-11-6-3-7-12-16;/h2-7,9-12,17H,8,13-14H2,1H3;1H4/q;-1/p+1/t17-;/m0./s1. The first-order valence-corrected chi connectivity index (χ1v) is 7.97. The summed E-state index contributed by atoms with van der Waals surface area (Å²) in [5.41, 5.74) is 2.31. The van der Waals surface area contributed by atoms with E-state index < -0.39 is 0 Å². The van der Waals surface area contributed by atoms with Crippen molar-refractivity contribution in [1.29, 1.82) is 0 Å². The first-order chi connectivity index (χ1) is 10.3. The summed E-state index contributed by atoms with van der Waals surface area (Å²) in [5.74, 6) is 0. The fourth-order valence-corrected chi connectivity index (χ4v) is 4.33. The van der Waals surface area contributed by atoms with Gasteiger partial charge in [-0.05, 0) is 11.1 Å². The second-order valence-corrected chi connectivity index (χ2v) is 6.25. The number of hydrogen-bond donors (Lipinski definition) is 1. The SMILES string of the molecule is CB1OC(c2ccccc2)(c2ccccc2)[C@@H]2CCC[NH+]12.[BH4-].